The van der Waals surface area contributed by atoms with Gasteiger partial charge in [0, 0.05) is 17.7 Å². The van der Waals surface area contributed by atoms with Gasteiger partial charge < -0.3 is 9.64 Å². The van der Waals surface area contributed by atoms with Crippen LogP contribution in [0.5, 0.6) is 5.75 Å². The third-order valence-electron chi connectivity index (χ3n) is 3.80. The normalized spacial score (nSPS) is 17.6. The molecule has 0 aliphatic carbocycles. The second-order valence-electron chi connectivity index (χ2n) is 5.54. The predicted molar refractivity (Wildman–Crippen MR) is 82.5 cm³/mol. The topological polar surface area (TPSA) is 29.5 Å². The van der Waals surface area contributed by atoms with Gasteiger partial charge in [-0.2, -0.15) is 0 Å². The number of carbonyl (C=O) groups is 1. The lowest BCUT2D eigenvalue weighted by molar-refractivity contribution is 0.0690. The molecule has 0 saturated heterocycles. The van der Waals surface area contributed by atoms with Gasteiger partial charge in [0.15, 0.2) is 0 Å². The maximum Gasteiger partial charge on any atom is 0.254 e. The average molecular weight is 281 g/mol. The first-order valence-electron chi connectivity index (χ1n) is 7.24. The van der Waals surface area contributed by atoms with E-state index in [1.807, 2.05) is 67.3 Å². The molecule has 0 radical (unpaired) electrons. The smallest absolute Gasteiger partial charge is 0.254 e. The second-order valence-corrected chi connectivity index (χ2v) is 5.54. The predicted octanol–water partition coefficient (Wildman–Crippen LogP) is 3.42. The minimum Gasteiger partial charge on any atom is -0.489 e. The largest absolute Gasteiger partial charge is 0.489 e. The molecular formula is C18H19NO2. The third kappa shape index (κ3) is 2.77. The minimum absolute atomic E-state index is 0.0124. The minimum atomic E-state index is -0.0124. The van der Waals surface area contributed by atoms with E-state index in [0.717, 1.165) is 22.4 Å². The summed E-state index contributed by atoms with van der Waals surface area (Å²) < 4.78 is 5.91. The standard InChI is InChI=1S/C18H19NO2/c1-13-7-3-5-9-16(13)18(20)19-11-14(2)21-17-10-6-4-8-15(17)12-19/h3-10,14H,11-12H2,1-2H3. The van der Waals surface area contributed by atoms with E-state index in [1.165, 1.54) is 0 Å². The third-order valence-corrected chi connectivity index (χ3v) is 3.80. The Balaban J connectivity index is 1.92. The van der Waals surface area contributed by atoms with Crippen LogP contribution < -0.4 is 4.74 Å². The molecule has 1 amide bonds. The van der Waals surface area contributed by atoms with Crippen molar-refractivity contribution in [1.82, 2.24) is 4.90 Å². The van der Waals surface area contributed by atoms with Gasteiger partial charge in [-0.1, -0.05) is 36.4 Å². The van der Waals surface area contributed by atoms with Crippen molar-refractivity contribution in [2.75, 3.05) is 6.54 Å². The van der Waals surface area contributed by atoms with Gasteiger partial charge in [-0.15, -0.1) is 0 Å². The van der Waals surface area contributed by atoms with Gasteiger partial charge in [0.25, 0.3) is 5.91 Å². The fraction of sp³-hybridized carbons (Fsp3) is 0.278. The molecule has 0 aromatic heterocycles. The maximum absolute atomic E-state index is 12.8. The molecule has 0 bridgehead atoms. The summed E-state index contributed by atoms with van der Waals surface area (Å²) in [5.74, 6) is 0.949. The zero-order valence-electron chi connectivity index (χ0n) is 12.4. The Morgan fingerprint density at radius 3 is 2.67 bits per heavy atom. The molecule has 2 aromatic rings. The number of para-hydroxylation sites is 1. The summed E-state index contributed by atoms with van der Waals surface area (Å²) >= 11 is 0. The van der Waals surface area contributed by atoms with Gasteiger partial charge in [0.2, 0.25) is 0 Å². The fourth-order valence-corrected chi connectivity index (χ4v) is 2.72. The van der Waals surface area contributed by atoms with Crippen molar-refractivity contribution in [3.63, 3.8) is 0 Å². The molecule has 21 heavy (non-hydrogen) atoms. The molecule has 3 rings (SSSR count). The molecule has 0 N–H and O–H groups in total. The Hall–Kier alpha value is -2.29. The molecule has 0 spiro atoms. The molecule has 1 aliphatic heterocycles. The molecule has 1 unspecified atom stereocenters. The summed E-state index contributed by atoms with van der Waals surface area (Å²) in [6, 6.07) is 15.7. The first-order chi connectivity index (χ1) is 10.1. The number of carbonyl (C=O) groups excluding carboxylic acids is 1. The number of rotatable bonds is 1. The monoisotopic (exact) mass is 281 g/mol. The Morgan fingerprint density at radius 2 is 1.86 bits per heavy atom. The molecular weight excluding hydrogens is 262 g/mol. The summed E-state index contributed by atoms with van der Waals surface area (Å²) in [5, 5.41) is 0. The molecule has 1 atom stereocenters. The Bertz CT molecular complexity index is 666. The van der Waals surface area contributed by atoms with Crippen molar-refractivity contribution >= 4 is 5.91 Å². The van der Waals surface area contributed by atoms with Gasteiger partial charge >= 0.3 is 0 Å². The lowest BCUT2D eigenvalue weighted by Gasteiger charge is -2.23. The van der Waals surface area contributed by atoms with Crippen LogP contribution in [0.25, 0.3) is 0 Å². The van der Waals surface area contributed by atoms with Crippen LogP contribution in [0.3, 0.4) is 0 Å². The quantitative estimate of drug-likeness (QED) is 0.801. The number of hydrogen-bond donors (Lipinski definition) is 0. The number of amides is 1. The van der Waals surface area contributed by atoms with Crippen LogP contribution in [0.2, 0.25) is 0 Å². The van der Waals surface area contributed by atoms with E-state index in [9.17, 15) is 4.79 Å². The maximum atomic E-state index is 12.8. The van der Waals surface area contributed by atoms with E-state index in [-0.39, 0.29) is 12.0 Å². The Labute approximate surface area is 125 Å². The Kier molecular flexibility index (Phi) is 3.65. The molecule has 3 heteroatoms. The van der Waals surface area contributed by atoms with Crippen LogP contribution in [0.1, 0.15) is 28.4 Å². The number of fused-ring (bicyclic) bond motifs is 1. The van der Waals surface area contributed by atoms with Crippen LogP contribution >= 0.6 is 0 Å². The molecule has 2 aromatic carbocycles. The number of hydrogen-bond acceptors (Lipinski definition) is 2. The summed E-state index contributed by atoms with van der Waals surface area (Å²) in [6.45, 7) is 5.16. The SMILES string of the molecule is Cc1ccccc1C(=O)N1Cc2ccccc2OC(C)C1. The zero-order valence-corrected chi connectivity index (χ0v) is 12.4. The number of aryl methyl sites for hydroxylation is 1. The molecule has 1 aliphatic rings. The van der Waals surface area contributed by atoms with Gasteiger partial charge in [-0.25, -0.2) is 0 Å². The summed E-state index contributed by atoms with van der Waals surface area (Å²) in [4.78, 5) is 14.7. The van der Waals surface area contributed by atoms with Crippen LogP contribution in [0.4, 0.5) is 0 Å². The number of nitrogens with zero attached hydrogens (tertiary/aromatic N) is 1. The van der Waals surface area contributed by atoms with Crippen molar-refractivity contribution in [2.24, 2.45) is 0 Å². The van der Waals surface area contributed by atoms with Crippen LogP contribution in [-0.2, 0) is 6.54 Å². The van der Waals surface area contributed by atoms with Crippen LogP contribution in [-0.4, -0.2) is 23.5 Å². The Morgan fingerprint density at radius 1 is 1.14 bits per heavy atom. The highest BCUT2D eigenvalue weighted by atomic mass is 16.5. The average Bonchev–Trinajstić information content (AvgIpc) is 2.65. The highest BCUT2D eigenvalue weighted by Crippen LogP contribution is 2.26. The van der Waals surface area contributed by atoms with Gasteiger partial charge in [-0.3, -0.25) is 4.79 Å². The first-order valence-corrected chi connectivity index (χ1v) is 7.24. The van der Waals surface area contributed by atoms with Gasteiger partial charge in [0.05, 0.1) is 6.54 Å². The zero-order chi connectivity index (χ0) is 14.8. The molecule has 0 saturated carbocycles. The molecule has 1 heterocycles. The first kappa shape index (κ1) is 13.7. The number of benzene rings is 2. The van der Waals surface area contributed by atoms with Crippen LogP contribution in [0, 0.1) is 6.92 Å². The van der Waals surface area contributed by atoms with E-state index < -0.39 is 0 Å². The van der Waals surface area contributed by atoms with Gasteiger partial charge in [-0.05, 0) is 31.5 Å². The van der Waals surface area contributed by atoms with E-state index in [4.69, 9.17) is 4.74 Å². The van der Waals surface area contributed by atoms with Crippen molar-refractivity contribution < 1.29 is 9.53 Å². The van der Waals surface area contributed by atoms with E-state index in [0.29, 0.717) is 13.1 Å². The van der Waals surface area contributed by atoms with Gasteiger partial charge in [0.1, 0.15) is 11.9 Å². The highest BCUT2D eigenvalue weighted by molar-refractivity contribution is 5.95. The van der Waals surface area contributed by atoms with Crippen molar-refractivity contribution in [3.05, 3.63) is 65.2 Å². The van der Waals surface area contributed by atoms with Crippen molar-refractivity contribution in [1.29, 1.82) is 0 Å². The fourth-order valence-electron chi connectivity index (χ4n) is 2.72. The van der Waals surface area contributed by atoms with E-state index in [2.05, 4.69) is 0 Å². The number of ether oxygens (including phenoxy) is 1. The lowest BCUT2D eigenvalue weighted by Crippen LogP contribution is -2.36. The molecule has 0 fully saturated rings. The second kappa shape index (κ2) is 5.60. The molecule has 108 valence electrons. The summed E-state index contributed by atoms with van der Waals surface area (Å²) in [7, 11) is 0. The van der Waals surface area contributed by atoms with Crippen LogP contribution in [0.15, 0.2) is 48.5 Å². The van der Waals surface area contributed by atoms with Crippen molar-refractivity contribution in [3.8, 4) is 5.75 Å². The lowest BCUT2D eigenvalue weighted by atomic mass is 10.1. The molecule has 3 nitrogen and oxygen atoms in total. The van der Waals surface area contributed by atoms with Crippen molar-refractivity contribution in [2.45, 2.75) is 26.5 Å². The summed E-state index contributed by atoms with van der Waals surface area (Å²) in [6.07, 6.45) is -0.0124. The highest BCUT2D eigenvalue weighted by Gasteiger charge is 2.24. The summed E-state index contributed by atoms with van der Waals surface area (Å²) in [5.41, 5.74) is 2.83. The van der Waals surface area contributed by atoms with E-state index >= 15 is 0 Å². The van der Waals surface area contributed by atoms with E-state index in [1.54, 1.807) is 0 Å².